The van der Waals surface area contributed by atoms with Gasteiger partial charge in [0.15, 0.2) is 6.29 Å². The lowest BCUT2D eigenvalue weighted by molar-refractivity contribution is -0.104. The predicted molar refractivity (Wildman–Crippen MR) is 68.9 cm³/mol. The third-order valence-electron chi connectivity index (χ3n) is 2.35. The van der Waals surface area contributed by atoms with Crippen LogP contribution in [0.2, 0.25) is 0 Å². The second-order valence-electron chi connectivity index (χ2n) is 3.71. The molecule has 0 bridgehead atoms. The fourth-order valence-corrected chi connectivity index (χ4v) is 1.53. The van der Waals surface area contributed by atoms with E-state index in [1.807, 2.05) is 11.0 Å². The van der Waals surface area contributed by atoms with Crippen molar-refractivity contribution >= 4 is 12.2 Å². The standard InChI is InChI=1S/C13H16N4O/c1-2-8-17(13-15-6-4-7-16-13)9-3-5-12(10-14)11-18/h4-7,11H,2-3,8-9H2,1H3/b12-5-. The third-order valence-corrected chi connectivity index (χ3v) is 2.35. The number of hydrogen-bond acceptors (Lipinski definition) is 5. The molecule has 0 saturated carbocycles. The van der Waals surface area contributed by atoms with Crippen molar-refractivity contribution in [3.8, 4) is 6.07 Å². The summed E-state index contributed by atoms with van der Waals surface area (Å²) < 4.78 is 0. The van der Waals surface area contributed by atoms with Gasteiger partial charge in [-0.15, -0.1) is 0 Å². The smallest absolute Gasteiger partial charge is 0.225 e. The molecule has 5 heteroatoms. The second-order valence-corrected chi connectivity index (χ2v) is 3.71. The van der Waals surface area contributed by atoms with E-state index in [0.29, 0.717) is 25.2 Å². The normalized spacial score (nSPS) is 10.8. The molecule has 0 N–H and O–H groups in total. The lowest BCUT2D eigenvalue weighted by Crippen LogP contribution is -2.26. The molecule has 1 heterocycles. The first-order valence-electron chi connectivity index (χ1n) is 5.89. The predicted octanol–water partition coefficient (Wildman–Crippen LogP) is 1.73. The van der Waals surface area contributed by atoms with Gasteiger partial charge < -0.3 is 4.90 Å². The van der Waals surface area contributed by atoms with E-state index in [2.05, 4.69) is 16.9 Å². The molecule has 18 heavy (non-hydrogen) atoms. The number of aldehydes is 1. The lowest BCUT2D eigenvalue weighted by Gasteiger charge is -2.20. The average molecular weight is 244 g/mol. The molecular weight excluding hydrogens is 228 g/mol. The molecule has 0 spiro atoms. The summed E-state index contributed by atoms with van der Waals surface area (Å²) in [7, 11) is 0. The molecule has 0 saturated heterocycles. The molecule has 0 radical (unpaired) electrons. The summed E-state index contributed by atoms with van der Waals surface area (Å²) in [4.78, 5) is 20.9. The lowest BCUT2D eigenvalue weighted by atomic mass is 10.2. The highest BCUT2D eigenvalue weighted by Crippen LogP contribution is 2.07. The molecular formula is C13H16N4O. The summed E-state index contributed by atoms with van der Waals surface area (Å²) in [5.41, 5.74) is 0.167. The van der Waals surface area contributed by atoms with Gasteiger partial charge >= 0.3 is 0 Å². The van der Waals surface area contributed by atoms with Crippen LogP contribution in [-0.4, -0.2) is 29.3 Å². The number of carbonyl (C=O) groups is 1. The molecule has 1 aromatic rings. The van der Waals surface area contributed by atoms with E-state index < -0.39 is 0 Å². The molecule has 1 rings (SSSR count). The molecule has 0 amide bonds. The number of rotatable bonds is 7. The highest BCUT2D eigenvalue weighted by molar-refractivity contribution is 5.78. The van der Waals surface area contributed by atoms with Gasteiger partial charge in [-0.05, 0) is 18.9 Å². The largest absolute Gasteiger partial charge is 0.341 e. The SMILES string of the molecule is CCCN(CC/C=C(/C#N)C=O)c1ncccn1. The summed E-state index contributed by atoms with van der Waals surface area (Å²) in [6.07, 6.45) is 7.22. The number of hydrogen-bond donors (Lipinski definition) is 0. The number of nitrogens with zero attached hydrogens (tertiary/aromatic N) is 4. The Kier molecular flexibility index (Phi) is 6.12. The van der Waals surface area contributed by atoms with E-state index in [0.717, 1.165) is 13.0 Å². The highest BCUT2D eigenvalue weighted by Gasteiger charge is 2.06. The Morgan fingerprint density at radius 3 is 2.72 bits per heavy atom. The number of carbonyl (C=O) groups excluding carboxylic acids is 1. The van der Waals surface area contributed by atoms with Crippen molar-refractivity contribution in [1.29, 1.82) is 5.26 Å². The van der Waals surface area contributed by atoms with Crippen molar-refractivity contribution < 1.29 is 4.79 Å². The molecule has 0 atom stereocenters. The maximum Gasteiger partial charge on any atom is 0.225 e. The highest BCUT2D eigenvalue weighted by atomic mass is 16.1. The Morgan fingerprint density at radius 1 is 1.44 bits per heavy atom. The van der Waals surface area contributed by atoms with Crippen LogP contribution in [0.1, 0.15) is 19.8 Å². The first-order valence-corrected chi connectivity index (χ1v) is 5.89. The van der Waals surface area contributed by atoms with Crippen LogP contribution in [0.4, 0.5) is 5.95 Å². The van der Waals surface area contributed by atoms with E-state index >= 15 is 0 Å². The Morgan fingerprint density at radius 2 is 2.17 bits per heavy atom. The van der Waals surface area contributed by atoms with E-state index in [9.17, 15) is 4.79 Å². The fraction of sp³-hybridized carbons (Fsp3) is 0.385. The third kappa shape index (κ3) is 4.34. The first kappa shape index (κ1) is 13.8. The van der Waals surface area contributed by atoms with Crippen LogP contribution >= 0.6 is 0 Å². The van der Waals surface area contributed by atoms with Crippen LogP contribution in [-0.2, 0) is 4.79 Å². The zero-order chi connectivity index (χ0) is 13.2. The van der Waals surface area contributed by atoms with E-state index in [-0.39, 0.29) is 5.57 Å². The summed E-state index contributed by atoms with van der Waals surface area (Å²) in [6.45, 7) is 3.62. The van der Waals surface area contributed by atoms with Crippen LogP contribution in [0.3, 0.4) is 0 Å². The Labute approximate surface area is 107 Å². The summed E-state index contributed by atoms with van der Waals surface area (Å²) >= 11 is 0. The maximum absolute atomic E-state index is 10.5. The monoisotopic (exact) mass is 244 g/mol. The average Bonchev–Trinajstić information content (AvgIpc) is 2.43. The Bertz CT molecular complexity index is 436. The van der Waals surface area contributed by atoms with Crippen molar-refractivity contribution in [2.75, 3.05) is 18.0 Å². The van der Waals surface area contributed by atoms with Crippen molar-refractivity contribution in [3.05, 3.63) is 30.1 Å². The molecule has 0 unspecified atom stereocenters. The van der Waals surface area contributed by atoms with Gasteiger partial charge in [-0.25, -0.2) is 9.97 Å². The Balaban J connectivity index is 2.63. The van der Waals surface area contributed by atoms with Crippen LogP contribution in [0.15, 0.2) is 30.1 Å². The molecule has 0 aliphatic carbocycles. The molecule has 0 aliphatic rings. The quantitative estimate of drug-likeness (QED) is 0.415. The number of aromatic nitrogens is 2. The molecule has 94 valence electrons. The van der Waals surface area contributed by atoms with Gasteiger partial charge in [0.25, 0.3) is 0 Å². The molecule has 0 aliphatic heterocycles. The number of nitriles is 1. The molecule has 0 fully saturated rings. The van der Waals surface area contributed by atoms with Gasteiger partial charge in [-0.3, -0.25) is 4.79 Å². The van der Waals surface area contributed by atoms with E-state index in [1.165, 1.54) is 0 Å². The summed E-state index contributed by atoms with van der Waals surface area (Å²) in [5.74, 6) is 0.678. The number of allylic oxidation sites excluding steroid dienone is 1. The van der Waals surface area contributed by atoms with Gasteiger partial charge in [0, 0.05) is 25.5 Å². The molecule has 5 nitrogen and oxygen atoms in total. The van der Waals surface area contributed by atoms with E-state index in [1.54, 1.807) is 24.5 Å². The molecule has 0 aromatic carbocycles. The van der Waals surface area contributed by atoms with Gasteiger partial charge in [0.1, 0.15) is 6.07 Å². The van der Waals surface area contributed by atoms with Gasteiger partial charge in [-0.2, -0.15) is 5.26 Å². The van der Waals surface area contributed by atoms with Crippen LogP contribution < -0.4 is 4.90 Å². The fourth-order valence-electron chi connectivity index (χ4n) is 1.53. The van der Waals surface area contributed by atoms with E-state index in [4.69, 9.17) is 5.26 Å². The topological polar surface area (TPSA) is 69.9 Å². The van der Waals surface area contributed by atoms with Crippen molar-refractivity contribution in [1.82, 2.24) is 9.97 Å². The van der Waals surface area contributed by atoms with Gasteiger partial charge in [0.05, 0.1) is 5.57 Å². The maximum atomic E-state index is 10.5. The first-order chi connectivity index (χ1) is 8.81. The minimum atomic E-state index is 0.167. The van der Waals surface area contributed by atoms with Crippen molar-refractivity contribution in [2.45, 2.75) is 19.8 Å². The second kappa shape index (κ2) is 7.96. The van der Waals surface area contributed by atoms with Crippen molar-refractivity contribution in [3.63, 3.8) is 0 Å². The minimum absolute atomic E-state index is 0.167. The van der Waals surface area contributed by atoms with Crippen LogP contribution in [0, 0.1) is 11.3 Å². The van der Waals surface area contributed by atoms with Crippen LogP contribution in [0.5, 0.6) is 0 Å². The summed E-state index contributed by atoms with van der Waals surface area (Å²) in [5, 5.41) is 8.62. The minimum Gasteiger partial charge on any atom is -0.341 e. The van der Waals surface area contributed by atoms with Gasteiger partial charge in [-0.1, -0.05) is 13.0 Å². The summed E-state index contributed by atoms with van der Waals surface area (Å²) in [6, 6.07) is 3.61. The number of anilines is 1. The van der Waals surface area contributed by atoms with Gasteiger partial charge in [0.2, 0.25) is 5.95 Å². The van der Waals surface area contributed by atoms with Crippen LogP contribution in [0.25, 0.3) is 0 Å². The zero-order valence-electron chi connectivity index (χ0n) is 10.4. The molecule has 1 aromatic heterocycles. The zero-order valence-corrected chi connectivity index (χ0v) is 10.4. The van der Waals surface area contributed by atoms with Crippen molar-refractivity contribution in [2.24, 2.45) is 0 Å². The Hall–Kier alpha value is -2.22.